The van der Waals surface area contributed by atoms with Crippen molar-refractivity contribution in [3.8, 4) is 5.75 Å². The average molecular weight is 302 g/mol. The molecule has 1 aliphatic rings. The van der Waals surface area contributed by atoms with E-state index in [0.29, 0.717) is 12.2 Å². The molecule has 1 heterocycles. The van der Waals surface area contributed by atoms with Gasteiger partial charge in [-0.15, -0.1) is 0 Å². The summed E-state index contributed by atoms with van der Waals surface area (Å²) < 4.78 is 40.9. The van der Waals surface area contributed by atoms with E-state index >= 15 is 0 Å². The molecule has 1 aromatic rings. The Morgan fingerprint density at radius 1 is 1.40 bits per heavy atom. The zero-order valence-corrected chi connectivity index (χ0v) is 11.5. The van der Waals surface area contributed by atoms with Gasteiger partial charge in [0.1, 0.15) is 18.2 Å². The molecular weight excluding hydrogens is 287 g/mol. The second-order valence-corrected chi connectivity index (χ2v) is 7.10. The van der Waals surface area contributed by atoms with Gasteiger partial charge in [0, 0.05) is 0 Å². The van der Waals surface area contributed by atoms with E-state index in [1.54, 1.807) is 0 Å². The second kappa shape index (κ2) is 5.78. The standard InChI is InChI=1S/C13H15FO5S/c14-10-1-3-11(4-2-10)19-7-12(13(15)16)9-5-6-20(17,18)8-9/h1-4,9,12H,5-8H2,(H,15,16). The van der Waals surface area contributed by atoms with Crippen LogP contribution >= 0.6 is 0 Å². The maximum atomic E-state index is 12.7. The normalized spacial score (nSPS) is 22.4. The Bertz CT molecular complexity index is 581. The number of carboxylic acids is 1. The first-order chi connectivity index (χ1) is 9.37. The lowest BCUT2D eigenvalue weighted by atomic mass is 9.93. The van der Waals surface area contributed by atoms with Crippen molar-refractivity contribution in [2.45, 2.75) is 6.42 Å². The number of hydrogen-bond acceptors (Lipinski definition) is 4. The molecule has 7 heteroatoms. The first-order valence-corrected chi connectivity index (χ1v) is 8.01. The number of carbonyl (C=O) groups is 1. The van der Waals surface area contributed by atoms with Crippen LogP contribution in [-0.4, -0.2) is 37.6 Å². The highest BCUT2D eigenvalue weighted by Crippen LogP contribution is 2.27. The van der Waals surface area contributed by atoms with Gasteiger partial charge in [-0.2, -0.15) is 0 Å². The van der Waals surface area contributed by atoms with Gasteiger partial charge in [-0.25, -0.2) is 12.8 Å². The Kier molecular flexibility index (Phi) is 4.27. The maximum absolute atomic E-state index is 12.7. The second-order valence-electron chi connectivity index (χ2n) is 4.87. The largest absolute Gasteiger partial charge is 0.493 e. The van der Waals surface area contributed by atoms with Gasteiger partial charge in [0.15, 0.2) is 9.84 Å². The molecule has 110 valence electrons. The van der Waals surface area contributed by atoms with E-state index in [2.05, 4.69) is 0 Å². The molecule has 1 aromatic carbocycles. The summed E-state index contributed by atoms with van der Waals surface area (Å²) in [6, 6.07) is 5.23. The van der Waals surface area contributed by atoms with Crippen LogP contribution in [0.25, 0.3) is 0 Å². The Hall–Kier alpha value is -1.63. The number of aliphatic carboxylic acids is 1. The Balaban J connectivity index is 2.00. The van der Waals surface area contributed by atoms with Crippen molar-refractivity contribution in [1.82, 2.24) is 0 Å². The van der Waals surface area contributed by atoms with Crippen LogP contribution in [0.5, 0.6) is 5.75 Å². The van der Waals surface area contributed by atoms with E-state index in [4.69, 9.17) is 4.74 Å². The zero-order valence-electron chi connectivity index (χ0n) is 10.7. The van der Waals surface area contributed by atoms with E-state index < -0.39 is 33.5 Å². The van der Waals surface area contributed by atoms with Crippen molar-refractivity contribution in [2.24, 2.45) is 11.8 Å². The average Bonchev–Trinajstić information content (AvgIpc) is 2.72. The van der Waals surface area contributed by atoms with Crippen LogP contribution in [0, 0.1) is 17.7 Å². The third kappa shape index (κ3) is 3.69. The van der Waals surface area contributed by atoms with Gasteiger partial charge in [-0.3, -0.25) is 4.79 Å². The molecule has 2 atom stereocenters. The van der Waals surface area contributed by atoms with Crippen molar-refractivity contribution < 1.29 is 27.4 Å². The molecule has 20 heavy (non-hydrogen) atoms. The maximum Gasteiger partial charge on any atom is 0.310 e. The number of carboxylic acid groups (broad SMARTS) is 1. The third-order valence-corrected chi connectivity index (χ3v) is 5.19. The molecule has 2 unspecified atom stereocenters. The van der Waals surface area contributed by atoms with Crippen LogP contribution in [0.4, 0.5) is 4.39 Å². The van der Waals surface area contributed by atoms with Crippen LogP contribution in [0.1, 0.15) is 6.42 Å². The lowest BCUT2D eigenvalue weighted by Gasteiger charge is -2.18. The van der Waals surface area contributed by atoms with E-state index in [1.807, 2.05) is 0 Å². The summed E-state index contributed by atoms with van der Waals surface area (Å²) in [4.78, 5) is 11.2. The van der Waals surface area contributed by atoms with E-state index in [1.165, 1.54) is 24.3 Å². The summed E-state index contributed by atoms with van der Waals surface area (Å²) in [5.41, 5.74) is 0. The highest BCUT2D eigenvalue weighted by molar-refractivity contribution is 7.91. The number of hydrogen-bond donors (Lipinski definition) is 1. The minimum absolute atomic E-state index is 0.0258. The topological polar surface area (TPSA) is 80.7 Å². The van der Waals surface area contributed by atoms with Gasteiger partial charge in [0.2, 0.25) is 0 Å². The molecule has 2 rings (SSSR count). The number of rotatable bonds is 5. The zero-order chi connectivity index (χ0) is 14.8. The van der Waals surface area contributed by atoms with Crippen molar-refractivity contribution in [1.29, 1.82) is 0 Å². The molecule has 1 saturated heterocycles. The smallest absolute Gasteiger partial charge is 0.310 e. The number of benzene rings is 1. The summed E-state index contributed by atoms with van der Waals surface area (Å²) in [5, 5.41) is 9.19. The SMILES string of the molecule is O=C(O)C(COc1ccc(F)cc1)C1CCS(=O)(=O)C1. The lowest BCUT2D eigenvalue weighted by molar-refractivity contribution is -0.144. The Morgan fingerprint density at radius 3 is 2.55 bits per heavy atom. The van der Waals surface area contributed by atoms with Crippen LogP contribution in [0.2, 0.25) is 0 Å². The third-order valence-electron chi connectivity index (χ3n) is 3.40. The monoisotopic (exact) mass is 302 g/mol. The van der Waals surface area contributed by atoms with Gasteiger partial charge in [0.05, 0.1) is 17.4 Å². The van der Waals surface area contributed by atoms with Gasteiger partial charge < -0.3 is 9.84 Å². The molecule has 0 aliphatic carbocycles. The summed E-state index contributed by atoms with van der Waals surface area (Å²) >= 11 is 0. The van der Waals surface area contributed by atoms with Crippen molar-refractivity contribution in [3.05, 3.63) is 30.1 Å². The fraction of sp³-hybridized carbons (Fsp3) is 0.462. The summed E-state index contributed by atoms with van der Waals surface area (Å²) in [6.07, 6.45) is 0.339. The van der Waals surface area contributed by atoms with Gasteiger partial charge in [-0.1, -0.05) is 0 Å². The summed E-state index contributed by atoms with van der Waals surface area (Å²) in [5.74, 6) is -2.52. The summed E-state index contributed by atoms with van der Waals surface area (Å²) in [6.45, 7) is -0.124. The highest BCUT2D eigenvalue weighted by atomic mass is 32.2. The molecule has 0 amide bonds. The van der Waals surface area contributed by atoms with Crippen LogP contribution in [0.3, 0.4) is 0 Å². The Labute approximate surface area is 116 Å². The minimum atomic E-state index is -3.13. The van der Waals surface area contributed by atoms with Gasteiger partial charge >= 0.3 is 5.97 Å². The summed E-state index contributed by atoms with van der Waals surface area (Å²) in [7, 11) is -3.13. The van der Waals surface area contributed by atoms with Crippen molar-refractivity contribution >= 4 is 15.8 Å². The van der Waals surface area contributed by atoms with Crippen molar-refractivity contribution in [3.63, 3.8) is 0 Å². The quantitative estimate of drug-likeness (QED) is 0.887. The van der Waals surface area contributed by atoms with Crippen LogP contribution < -0.4 is 4.74 Å². The molecule has 0 spiro atoms. The molecule has 1 fully saturated rings. The predicted octanol–water partition coefficient (Wildman–Crippen LogP) is 1.34. The minimum Gasteiger partial charge on any atom is -0.493 e. The number of sulfone groups is 1. The molecule has 0 radical (unpaired) electrons. The number of halogens is 1. The molecular formula is C13H15FO5S. The van der Waals surface area contributed by atoms with Crippen LogP contribution in [0.15, 0.2) is 24.3 Å². The molecule has 1 N–H and O–H groups in total. The predicted molar refractivity (Wildman–Crippen MR) is 69.8 cm³/mol. The highest BCUT2D eigenvalue weighted by Gasteiger charge is 2.37. The van der Waals surface area contributed by atoms with E-state index in [-0.39, 0.29) is 18.1 Å². The fourth-order valence-electron chi connectivity index (χ4n) is 2.27. The first-order valence-electron chi connectivity index (χ1n) is 6.19. The Morgan fingerprint density at radius 2 is 2.05 bits per heavy atom. The molecule has 0 bridgehead atoms. The van der Waals surface area contributed by atoms with Crippen molar-refractivity contribution in [2.75, 3.05) is 18.1 Å². The van der Waals surface area contributed by atoms with E-state index in [9.17, 15) is 22.7 Å². The molecule has 5 nitrogen and oxygen atoms in total. The van der Waals surface area contributed by atoms with Gasteiger partial charge in [-0.05, 0) is 36.6 Å². The lowest BCUT2D eigenvalue weighted by Crippen LogP contribution is -2.30. The fourth-order valence-corrected chi connectivity index (χ4v) is 4.15. The molecule has 0 saturated carbocycles. The molecule has 0 aromatic heterocycles. The van der Waals surface area contributed by atoms with Crippen LogP contribution in [-0.2, 0) is 14.6 Å². The van der Waals surface area contributed by atoms with E-state index in [0.717, 1.165) is 0 Å². The first kappa shape index (κ1) is 14.8. The molecule has 1 aliphatic heterocycles. The van der Waals surface area contributed by atoms with Gasteiger partial charge in [0.25, 0.3) is 0 Å². The number of ether oxygens (including phenoxy) is 1.